The fraction of sp³-hybridized carbons (Fsp3) is 0.860. The molecule has 6 nitrogen and oxygen atoms in total. The predicted molar refractivity (Wildman–Crippen MR) is 273 cm³/mol. The van der Waals surface area contributed by atoms with Gasteiger partial charge < -0.3 is 20.3 Å². The summed E-state index contributed by atoms with van der Waals surface area (Å²) in [6.45, 7) is 4.87. The van der Waals surface area contributed by atoms with Crippen LogP contribution in [0.2, 0.25) is 0 Å². The second kappa shape index (κ2) is 52.7. The van der Waals surface area contributed by atoms with Gasteiger partial charge in [0.2, 0.25) is 5.91 Å². The van der Waals surface area contributed by atoms with Crippen LogP contribution in [0.15, 0.2) is 36.5 Å². The van der Waals surface area contributed by atoms with E-state index in [0.29, 0.717) is 19.4 Å². The van der Waals surface area contributed by atoms with Crippen molar-refractivity contribution in [3.8, 4) is 0 Å². The van der Waals surface area contributed by atoms with E-state index in [9.17, 15) is 19.8 Å². The molecule has 2 atom stereocenters. The lowest BCUT2D eigenvalue weighted by atomic mass is 10.0. The molecule has 0 saturated heterocycles. The summed E-state index contributed by atoms with van der Waals surface area (Å²) in [5.41, 5.74) is 0. The summed E-state index contributed by atoms with van der Waals surface area (Å²) < 4.78 is 5.46. The van der Waals surface area contributed by atoms with Gasteiger partial charge in [-0.05, 0) is 83.5 Å². The number of allylic oxidation sites excluding steroid dienone is 5. The molecule has 1 amide bonds. The number of ether oxygens (including phenoxy) is 1. The molecule has 0 aliphatic heterocycles. The zero-order valence-electron chi connectivity index (χ0n) is 42.1. The molecule has 0 aliphatic rings. The van der Waals surface area contributed by atoms with Gasteiger partial charge in [0, 0.05) is 12.8 Å². The molecule has 0 aromatic rings. The number of nitrogens with one attached hydrogen (secondary N) is 1. The summed E-state index contributed by atoms with van der Waals surface area (Å²) in [4.78, 5) is 24.4. The third-order valence-corrected chi connectivity index (χ3v) is 12.6. The van der Waals surface area contributed by atoms with Crippen LogP contribution in [-0.4, -0.2) is 47.4 Å². The monoisotopic (exact) mass is 886 g/mol. The van der Waals surface area contributed by atoms with Crippen LogP contribution in [0.5, 0.6) is 0 Å². The topological polar surface area (TPSA) is 95.9 Å². The van der Waals surface area contributed by atoms with Crippen molar-refractivity contribution in [2.24, 2.45) is 0 Å². The molecule has 0 aromatic carbocycles. The number of aliphatic hydroxyl groups excluding tert-OH is 2. The molecule has 63 heavy (non-hydrogen) atoms. The molecule has 0 saturated carbocycles. The van der Waals surface area contributed by atoms with Crippen molar-refractivity contribution in [2.45, 2.75) is 302 Å². The summed E-state index contributed by atoms with van der Waals surface area (Å²) in [6, 6.07) is -0.633. The van der Waals surface area contributed by atoms with Crippen LogP contribution in [0.3, 0.4) is 0 Å². The molecule has 0 rings (SSSR count). The Balaban J connectivity index is 3.46. The normalized spacial score (nSPS) is 12.9. The van der Waals surface area contributed by atoms with E-state index in [4.69, 9.17) is 4.74 Å². The first-order valence-electron chi connectivity index (χ1n) is 27.8. The van der Waals surface area contributed by atoms with E-state index in [2.05, 4.69) is 43.5 Å². The van der Waals surface area contributed by atoms with Crippen molar-refractivity contribution in [2.75, 3.05) is 13.2 Å². The van der Waals surface area contributed by atoms with Gasteiger partial charge in [-0.1, -0.05) is 230 Å². The molecule has 0 radical (unpaired) electrons. The second-order valence-corrected chi connectivity index (χ2v) is 18.9. The fourth-order valence-corrected chi connectivity index (χ4v) is 8.33. The number of hydrogen-bond donors (Lipinski definition) is 3. The van der Waals surface area contributed by atoms with Gasteiger partial charge in [-0.2, -0.15) is 0 Å². The highest BCUT2D eigenvalue weighted by Gasteiger charge is 2.18. The Morgan fingerprint density at radius 2 is 0.746 bits per heavy atom. The number of carbonyl (C=O) groups is 2. The lowest BCUT2D eigenvalue weighted by molar-refractivity contribution is -0.143. The minimum absolute atomic E-state index is 0.00422. The number of hydrogen-bond acceptors (Lipinski definition) is 5. The van der Waals surface area contributed by atoms with Crippen LogP contribution in [-0.2, 0) is 14.3 Å². The van der Waals surface area contributed by atoms with Gasteiger partial charge in [0.15, 0.2) is 0 Å². The number of esters is 1. The smallest absolute Gasteiger partial charge is 0.305 e. The van der Waals surface area contributed by atoms with Gasteiger partial charge in [0.25, 0.3) is 0 Å². The van der Waals surface area contributed by atoms with E-state index >= 15 is 0 Å². The molecule has 0 aromatic heterocycles. The Kier molecular flexibility index (Phi) is 51.1. The van der Waals surface area contributed by atoms with Crippen molar-refractivity contribution in [1.82, 2.24) is 5.32 Å². The zero-order valence-corrected chi connectivity index (χ0v) is 42.1. The number of rotatable bonds is 51. The van der Waals surface area contributed by atoms with E-state index in [1.165, 1.54) is 212 Å². The van der Waals surface area contributed by atoms with E-state index in [0.717, 1.165) is 51.4 Å². The van der Waals surface area contributed by atoms with Crippen molar-refractivity contribution in [1.29, 1.82) is 0 Å². The SMILES string of the molecule is CCCCCC/C=C\CCCCCCCC(=O)OCCCCCCCCCCC/C=C\CCCCCCCCCC(=O)NC(CO)C(O)/C=C/CCCCCCCCCCCCC. The molecular formula is C57H107NO5. The first-order valence-corrected chi connectivity index (χ1v) is 27.8. The highest BCUT2D eigenvalue weighted by molar-refractivity contribution is 5.76. The maximum Gasteiger partial charge on any atom is 0.305 e. The standard InChI is InChI=1S/C57H107NO5/c1-3-5-7-9-11-13-15-25-29-33-37-41-45-49-55(60)54(53-59)58-56(61)50-46-42-38-34-30-27-23-21-19-17-18-20-22-24-28-32-36-40-44-48-52-63-57(62)51-47-43-39-35-31-26-16-14-12-10-8-6-4-2/h14,16-17,19,45,49,54-55,59-60H,3-13,15,18,20-44,46-48,50-53H2,1-2H3,(H,58,61)/b16-14-,19-17-,49-45+. The lowest BCUT2D eigenvalue weighted by Crippen LogP contribution is -2.45. The van der Waals surface area contributed by atoms with Gasteiger partial charge in [0.1, 0.15) is 0 Å². The fourth-order valence-electron chi connectivity index (χ4n) is 8.33. The molecule has 6 heteroatoms. The van der Waals surface area contributed by atoms with E-state index < -0.39 is 12.1 Å². The van der Waals surface area contributed by atoms with Crippen molar-refractivity contribution in [3.05, 3.63) is 36.5 Å². The summed E-state index contributed by atoms with van der Waals surface area (Å²) in [7, 11) is 0. The second-order valence-electron chi connectivity index (χ2n) is 18.9. The van der Waals surface area contributed by atoms with Crippen LogP contribution in [0.1, 0.15) is 290 Å². The maximum absolute atomic E-state index is 12.4. The predicted octanol–water partition coefficient (Wildman–Crippen LogP) is 16.9. The molecule has 0 spiro atoms. The van der Waals surface area contributed by atoms with Gasteiger partial charge in [-0.3, -0.25) is 9.59 Å². The molecule has 0 aliphatic carbocycles. The number of amides is 1. The lowest BCUT2D eigenvalue weighted by Gasteiger charge is -2.20. The molecule has 2 unspecified atom stereocenters. The highest BCUT2D eigenvalue weighted by Crippen LogP contribution is 2.15. The average molecular weight is 886 g/mol. The Bertz CT molecular complexity index is 1020. The number of aliphatic hydroxyl groups is 2. The number of unbranched alkanes of at least 4 members (excludes halogenated alkanes) is 36. The summed E-state index contributed by atoms with van der Waals surface area (Å²) in [6.07, 6.45) is 64.4. The Morgan fingerprint density at radius 3 is 1.14 bits per heavy atom. The average Bonchev–Trinajstić information content (AvgIpc) is 3.28. The maximum atomic E-state index is 12.4. The Hall–Kier alpha value is -1.92. The zero-order chi connectivity index (χ0) is 45.8. The van der Waals surface area contributed by atoms with E-state index in [1.54, 1.807) is 6.08 Å². The van der Waals surface area contributed by atoms with Crippen molar-refractivity contribution < 1.29 is 24.5 Å². The van der Waals surface area contributed by atoms with Crippen LogP contribution in [0.25, 0.3) is 0 Å². The third-order valence-electron chi connectivity index (χ3n) is 12.6. The minimum atomic E-state index is -0.849. The number of carbonyl (C=O) groups excluding carboxylic acids is 2. The Labute approximate surface area is 392 Å². The third kappa shape index (κ3) is 49.4. The van der Waals surface area contributed by atoms with Gasteiger partial charge in [-0.15, -0.1) is 0 Å². The van der Waals surface area contributed by atoms with Crippen LogP contribution < -0.4 is 5.32 Å². The largest absolute Gasteiger partial charge is 0.466 e. The van der Waals surface area contributed by atoms with Crippen LogP contribution >= 0.6 is 0 Å². The minimum Gasteiger partial charge on any atom is -0.466 e. The first kappa shape index (κ1) is 61.1. The molecule has 0 heterocycles. The molecule has 3 N–H and O–H groups in total. The van der Waals surface area contributed by atoms with Gasteiger partial charge >= 0.3 is 5.97 Å². The first-order chi connectivity index (χ1) is 31.0. The molecule has 0 fully saturated rings. The Morgan fingerprint density at radius 1 is 0.429 bits per heavy atom. The van der Waals surface area contributed by atoms with Gasteiger partial charge in [-0.25, -0.2) is 0 Å². The molecule has 0 bridgehead atoms. The summed E-state index contributed by atoms with van der Waals surface area (Å²) >= 11 is 0. The van der Waals surface area contributed by atoms with Gasteiger partial charge in [0.05, 0.1) is 25.4 Å². The highest BCUT2D eigenvalue weighted by atomic mass is 16.5. The van der Waals surface area contributed by atoms with Crippen molar-refractivity contribution in [3.63, 3.8) is 0 Å². The van der Waals surface area contributed by atoms with E-state index in [-0.39, 0.29) is 18.5 Å². The summed E-state index contributed by atoms with van der Waals surface area (Å²) in [5.74, 6) is -0.0816. The van der Waals surface area contributed by atoms with Crippen LogP contribution in [0, 0.1) is 0 Å². The molecular weight excluding hydrogens is 779 g/mol. The van der Waals surface area contributed by atoms with Crippen molar-refractivity contribution >= 4 is 11.9 Å². The summed E-state index contributed by atoms with van der Waals surface area (Å²) in [5, 5.41) is 23.0. The van der Waals surface area contributed by atoms with Crippen LogP contribution in [0.4, 0.5) is 0 Å². The quantitative estimate of drug-likeness (QED) is 0.0321. The van der Waals surface area contributed by atoms with E-state index in [1.807, 2.05) is 6.08 Å². The molecule has 370 valence electrons.